The molecule has 14 heavy (non-hydrogen) atoms. The number of amides is 2. The highest BCUT2D eigenvalue weighted by Gasteiger charge is 2.01. The van der Waals surface area contributed by atoms with Crippen LogP contribution in [0.2, 0.25) is 0 Å². The van der Waals surface area contributed by atoms with Crippen molar-refractivity contribution in [1.29, 1.82) is 5.41 Å². The molecule has 6 nitrogen and oxygen atoms in total. The minimum atomic E-state index is -0.446. The monoisotopic (exact) mass is 193 g/mol. The number of anilines is 1. The van der Waals surface area contributed by atoms with Crippen molar-refractivity contribution in [2.45, 2.75) is 0 Å². The van der Waals surface area contributed by atoms with Crippen LogP contribution in [0.3, 0.4) is 0 Å². The number of aromatic nitrogens is 1. The predicted octanol–water partition coefficient (Wildman–Crippen LogP) is 0.357. The van der Waals surface area contributed by atoms with Crippen molar-refractivity contribution < 1.29 is 4.79 Å². The molecule has 0 radical (unpaired) electrons. The van der Waals surface area contributed by atoms with Crippen LogP contribution in [0.5, 0.6) is 0 Å². The molecule has 1 aromatic heterocycles. The van der Waals surface area contributed by atoms with E-state index in [-0.39, 0.29) is 5.96 Å². The number of carbonyl (C=O) groups excluding carboxylic acids is 1. The molecule has 1 heterocycles. The van der Waals surface area contributed by atoms with Gasteiger partial charge in [-0.25, -0.2) is 9.78 Å². The minimum absolute atomic E-state index is 0.122. The van der Waals surface area contributed by atoms with E-state index in [1.807, 2.05) is 0 Å². The number of pyridine rings is 1. The van der Waals surface area contributed by atoms with E-state index in [1.165, 1.54) is 7.05 Å². The largest absolute Gasteiger partial charge is 0.341 e. The van der Waals surface area contributed by atoms with Crippen LogP contribution in [0.25, 0.3) is 0 Å². The van der Waals surface area contributed by atoms with Crippen LogP contribution < -0.4 is 16.0 Å². The van der Waals surface area contributed by atoms with Crippen LogP contribution in [-0.4, -0.2) is 24.0 Å². The molecule has 0 aliphatic heterocycles. The lowest BCUT2D eigenvalue weighted by molar-refractivity contribution is 0.247. The molecule has 6 heteroatoms. The first kappa shape index (κ1) is 9.97. The van der Waals surface area contributed by atoms with E-state index in [0.29, 0.717) is 5.82 Å². The van der Waals surface area contributed by atoms with Crippen molar-refractivity contribution in [2.75, 3.05) is 12.4 Å². The first-order valence-electron chi connectivity index (χ1n) is 3.97. The number of hydrogen-bond donors (Lipinski definition) is 4. The Morgan fingerprint density at radius 2 is 2.29 bits per heavy atom. The average molecular weight is 193 g/mol. The van der Waals surface area contributed by atoms with Crippen molar-refractivity contribution >= 4 is 17.8 Å². The van der Waals surface area contributed by atoms with Gasteiger partial charge in [0.1, 0.15) is 5.82 Å². The maximum absolute atomic E-state index is 10.8. The van der Waals surface area contributed by atoms with E-state index in [9.17, 15) is 4.79 Å². The normalized spacial score (nSPS) is 8.93. The summed E-state index contributed by atoms with van der Waals surface area (Å²) in [6.07, 6.45) is 1.59. The summed E-state index contributed by atoms with van der Waals surface area (Å²) in [5.74, 6) is 0.386. The fourth-order valence-electron chi connectivity index (χ4n) is 0.772. The molecule has 74 valence electrons. The Balaban J connectivity index is 2.46. The highest BCUT2D eigenvalue weighted by atomic mass is 16.2. The molecule has 1 rings (SSSR count). The zero-order valence-electron chi connectivity index (χ0n) is 7.66. The molecule has 4 N–H and O–H groups in total. The molecular formula is C8H11N5O. The molecule has 2 amide bonds. The SMILES string of the molecule is CNC(=O)NC(=N)Nc1ccccn1. The lowest BCUT2D eigenvalue weighted by Gasteiger charge is -2.07. The maximum atomic E-state index is 10.8. The molecule has 0 aliphatic rings. The van der Waals surface area contributed by atoms with Crippen LogP contribution in [0.15, 0.2) is 24.4 Å². The van der Waals surface area contributed by atoms with Crippen molar-refractivity contribution in [2.24, 2.45) is 0 Å². The van der Waals surface area contributed by atoms with Gasteiger partial charge < -0.3 is 10.6 Å². The molecule has 0 aromatic carbocycles. The summed E-state index contributed by atoms with van der Waals surface area (Å²) in [5, 5.41) is 14.5. The number of nitrogens with zero attached hydrogens (tertiary/aromatic N) is 1. The number of rotatable bonds is 1. The van der Waals surface area contributed by atoms with Crippen LogP contribution in [0.4, 0.5) is 10.6 Å². The number of hydrogen-bond acceptors (Lipinski definition) is 3. The van der Waals surface area contributed by atoms with Gasteiger partial charge >= 0.3 is 6.03 Å². The number of guanidine groups is 1. The third-order valence-corrected chi connectivity index (χ3v) is 1.38. The second kappa shape index (κ2) is 4.80. The molecule has 0 bridgehead atoms. The summed E-state index contributed by atoms with van der Waals surface area (Å²) in [4.78, 5) is 14.7. The van der Waals surface area contributed by atoms with Gasteiger partial charge in [0.15, 0.2) is 0 Å². The zero-order chi connectivity index (χ0) is 10.4. The first-order valence-corrected chi connectivity index (χ1v) is 3.97. The van der Waals surface area contributed by atoms with Crippen LogP contribution in [0.1, 0.15) is 0 Å². The average Bonchev–Trinajstić information content (AvgIpc) is 2.19. The molecule has 0 unspecified atom stereocenters. The predicted molar refractivity (Wildman–Crippen MR) is 53.2 cm³/mol. The summed E-state index contributed by atoms with van der Waals surface area (Å²) in [6, 6.07) is 4.79. The van der Waals surface area contributed by atoms with Gasteiger partial charge in [-0.1, -0.05) is 6.07 Å². The Morgan fingerprint density at radius 1 is 1.50 bits per heavy atom. The van der Waals surface area contributed by atoms with E-state index in [4.69, 9.17) is 5.41 Å². The highest BCUT2D eigenvalue weighted by molar-refractivity contribution is 6.01. The molecule has 0 fully saturated rings. The Hall–Kier alpha value is -2.11. The highest BCUT2D eigenvalue weighted by Crippen LogP contribution is 1.97. The van der Waals surface area contributed by atoms with Crippen LogP contribution in [0, 0.1) is 5.41 Å². The minimum Gasteiger partial charge on any atom is -0.341 e. The van der Waals surface area contributed by atoms with Gasteiger partial charge in [-0.15, -0.1) is 0 Å². The van der Waals surface area contributed by atoms with Crippen molar-refractivity contribution in [1.82, 2.24) is 15.6 Å². The molecule has 0 aliphatic carbocycles. The van der Waals surface area contributed by atoms with Crippen LogP contribution >= 0.6 is 0 Å². The van der Waals surface area contributed by atoms with E-state index in [1.54, 1.807) is 24.4 Å². The number of carbonyl (C=O) groups is 1. The molecule has 0 atom stereocenters. The standard InChI is InChI=1S/C8H11N5O/c1-10-8(14)13-7(9)12-6-4-2-3-5-11-6/h2-5H,1H3,(H4,9,10,11,12,13,14). The van der Waals surface area contributed by atoms with Gasteiger partial charge in [0, 0.05) is 13.2 Å². The molecule has 1 aromatic rings. The fourth-order valence-corrected chi connectivity index (χ4v) is 0.772. The Labute approximate surface area is 81.2 Å². The summed E-state index contributed by atoms with van der Waals surface area (Å²) in [6.45, 7) is 0. The maximum Gasteiger partial charge on any atom is 0.321 e. The second-order valence-corrected chi connectivity index (χ2v) is 2.42. The molecule has 0 spiro atoms. The van der Waals surface area contributed by atoms with Crippen molar-refractivity contribution in [3.05, 3.63) is 24.4 Å². The van der Waals surface area contributed by atoms with E-state index in [0.717, 1.165) is 0 Å². The quantitative estimate of drug-likeness (QED) is 0.383. The lowest BCUT2D eigenvalue weighted by Crippen LogP contribution is -2.40. The van der Waals surface area contributed by atoms with Crippen LogP contribution in [-0.2, 0) is 0 Å². The number of nitrogens with one attached hydrogen (secondary N) is 4. The van der Waals surface area contributed by atoms with Crippen molar-refractivity contribution in [3.8, 4) is 0 Å². The Kier molecular flexibility index (Phi) is 3.42. The molecule has 0 saturated heterocycles. The van der Waals surface area contributed by atoms with Gasteiger partial charge in [0.2, 0.25) is 5.96 Å². The van der Waals surface area contributed by atoms with Gasteiger partial charge in [0.05, 0.1) is 0 Å². The molecular weight excluding hydrogens is 182 g/mol. The smallest absolute Gasteiger partial charge is 0.321 e. The Bertz CT molecular complexity index is 324. The second-order valence-electron chi connectivity index (χ2n) is 2.42. The zero-order valence-corrected chi connectivity index (χ0v) is 7.66. The van der Waals surface area contributed by atoms with E-state index in [2.05, 4.69) is 20.9 Å². The summed E-state index contributed by atoms with van der Waals surface area (Å²) < 4.78 is 0. The molecule has 0 saturated carbocycles. The van der Waals surface area contributed by atoms with Crippen molar-refractivity contribution in [3.63, 3.8) is 0 Å². The first-order chi connectivity index (χ1) is 6.72. The topological polar surface area (TPSA) is 89.9 Å². The van der Waals surface area contributed by atoms with E-state index >= 15 is 0 Å². The summed E-state index contributed by atoms with van der Waals surface area (Å²) in [5.41, 5.74) is 0. The third kappa shape index (κ3) is 3.10. The van der Waals surface area contributed by atoms with Gasteiger partial charge in [-0.05, 0) is 12.1 Å². The third-order valence-electron chi connectivity index (χ3n) is 1.38. The van der Waals surface area contributed by atoms with Gasteiger partial charge in [0.25, 0.3) is 0 Å². The lowest BCUT2D eigenvalue weighted by atomic mass is 10.5. The fraction of sp³-hybridized carbons (Fsp3) is 0.125. The van der Waals surface area contributed by atoms with Gasteiger partial charge in [-0.2, -0.15) is 0 Å². The van der Waals surface area contributed by atoms with Gasteiger partial charge in [-0.3, -0.25) is 10.7 Å². The summed E-state index contributed by atoms with van der Waals surface area (Å²) in [7, 11) is 1.48. The summed E-state index contributed by atoms with van der Waals surface area (Å²) >= 11 is 0. The van der Waals surface area contributed by atoms with E-state index < -0.39 is 6.03 Å². The Morgan fingerprint density at radius 3 is 2.86 bits per heavy atom. The number of urea groups is 1.